The average Bonchev–Trinajstić information content (AvgIpc) is 3.22. The van der Waals surface area contributed by atoms with Crippen LogP contribution in [0.25, 0.3) is 10.9 Å². The Balaban J connectivity index is 1.99. The number of carbonyl (C=O) groups is 2. The second-order valence-corrected chi connectivity index (χ2v) is 5.17. The second-order valence-electron chi connectivity index (χ2n) is 5.17. The van der Waals surface area contributed by atoms with E-state index in [1.807, 2.05) is 0 Å². The minimum absolute atomic E-state index is 0.125. The number of para-hydroxylation sites is 1. The molecule has 2 N–H and O–H groups in total. The van der Waals surface area contributed by atoms with Gasteiger partial charge in [-0.25, -0.2) is 0 Å². The Morgan fingerprint density at radius 3 is 2.76 bits per heavy atom. The van der Waals surface area contributed by atoms with Gasteiger partial charge in [0, 0.05) is 11.6 Å². The van der Waals surface area contributed by atoms with Gasteiger partial charge in [-0.05, 0) is 25.1 Å². The van der Waals surface area contributed by atoms with Gasteiger partial charge in [0.1, 0.15) is 12.2 Å². The molecule has 128 valence electrons. The number of carbonyl (C=O) groups excluding carboxylic acids is 2. The van der Waals surface area contributed by atoms with Crippen LogP contribution >= 0.6 is 0 Å². The van der Waals surface area contributed by atoms with Crippen molar-refractivity contribution in [3.63, 3.8) is 0 Å². The Bertz CT molecular complexity index is 941. The molecule has 8 heteroatoms. The van der Waals surface area contributed by atoms with E-state index in [0.717, 1.165) is 0 Å². The van der Waals surface area contributed by atoms with Gasteiger partial charge in [-0.2, -0.15) is 0 Å². The maximum Gasteiger partial charge on any atom is 0.326 e. The maximum absolute atomic E-state index is 11.9. The Kier molecular flexibility index (Phi) is 4.60. The molecular formula is C17H16N4O4. The van der Waals surface area contributed by atoms with Crippen LogP contribution < -0.4 is 0 Å². The van der Waals surface area contributed by atoms with Gasteiger partial charge in [-0.1, -0.05) is 18.2 Å². The number of nitrogens with zero attached hydrogens (tertiary/aromatic N) is 3. The number of hydrogen-bond acceptors (Lipinski definition) is 5. The first-order chi connectivity index (χ1) is 12.1. The van der Waals surface area contributed by atoms with E-state index >= 15 is 0 Å². The molecule has 0 saturated heterocycles. The molecule has 0 aliphatic carbocycles. The van der Waals surface area contributed by atoms with E-state index in [2.05, 4.69) is 15.2 Å². The number of aromatic nitrogens is 2. The van der Waals surface area contributed by atoms with Crippen LogP contribution in [0, 0.1) is 0 Å². The van der Waals surface area contributed by atoms with Gasteiger partial charge in [0.2, 0.25) is 5.88 Å². The number of fused-ring (bicyclic) bond motifs is 1. The van der Waals surface area contributed by atoms with Crippen molar-refractivity contribution < 1.29 is 19.4 Å². The van der Waals surface area contributed by atoms with Crippen molar-refractivity contribution in [2.75, 3.05) is 6.61 Å². The third kappa shape index (κ3) is 3.27. The van der Waals surface area contributed by atoms with E-state index in [1.54, 1.807) is 49.5 Å². The zero-order valence-electron chi connectivity index (χ0n) is 13.5. The predicted molar refractivity (Wildman–Crippen MR) is 89.9 cm³/mol. The molecule has 1 aromatic carbocycles. The summed E-state index contributed by atoms with van der Waals surface area (Å²) in [5.74, 6) is -1.30. The van der Waals surface area contributed by atoms with E-state index in [1.165, 1.54) is 4.57 Å². The fourth-order valence-corrected chi connectivity index (χ4v) is 2.48. The first kappa shape index (κ1) is 16.4. The van der Waals surface area contributed by atoms with Crippen LogP contribution in [0.5, 0.6) is 5.88 Å². The summed E-state index contributed by atoms with van der Waals surface area (Å²) in [5.41, 5.74) is 1.01. The molecule has 0 spiro atoms. The van der Waals surface area contributed by atoms with Crippen LogP contribution in [0.4, 0.5) is 5.69 Å². The van der Waals surface area contributed by atoms with Crippen molar-refractivity contribution in [1.82, 2.24) is 9.55 Å². The summed E-state index contributed by atoms with van der Waals surface area (Å²) in [7, 11) is 0. The first-order valence-electron chi connectivity index (χ1n) is 7.67. The summed E-state index contributed by atoms with van der Waals surface area (Å²) < 4.78 is 6.30. The van der Waals surface area contributed by atoms with E-state index in [4.69, 9.17) is 4.74 Å². The molecule has 0 atom stereocenters. The quantitative estimate of drug-likeness (QED) is 0.549. The van der Waals surface area contributed by atoms with Gasteiger partial charge in [-0.15, -0.1) is 10.2 Å². The lowest BCUT2D eigenvalue weighted by molar-refractivity contribution is -0.143. The molecule has 0 radical (unpaired) electrons. The number of hydrogen-bond donors (Lipinski definition) is 2. The zero-order valence-corrected chi connectivity index (χ0v) is 13.5. The number of nitrogens with one attached hydrogen (secondary N) is 1. The lowest BCUT2D eigenvalue weighted by Crippen LogP contribution is -2.12. The van der Waals surface area contributed by atoms with Crippen molar-refractivity contribution in [3.8, 4) is 5.88 Å². The largest absolute Gasteiger partial charge is 0.493 e. The molecule has 3 rings (SSSR count). The van der Waals surface area contributed by atoms with Crippen molar-refractivity contribution in [3.05, 3.63) is 48.3 Å². The summed E-state index contributed by atoms with van der Waals surface area (Å²) in [4.78, 5) is 26.5. The predicted octanol–water partition coefficient (Wildman–Crippen LogP) is 3.16. The van der Waals surface area contributed by atoms with Crippen molar-refractivity contribution >= 4 is 28.5 Å². The Morgan fingerprint density at radius 1 is 1.24 bits per heavy atom. The average molecular weight is 340 g/mol. The molecule has 2 heterocycles. The van der Waals surface area contributed by atoms with Crippen molar-refractivity contribution in [2.45, 2.75) is 13.5 Å². The highest BCUT2D eigenvalue weighted by Crippen LogP contribution is 2.38. The third-order valence-corrected chi connectivity index (χ3v) is 3.58. The van der Waals surface area contributed by atoms with Gasteiger partial charge < -0.3 is 14.8 Å². The lowest BCUT2D eigenvalue weighted by atomic mass is 10.2. The van der Waals surface area contributed by atoms with Gasteiger partial charge in [0.15, 0.2) is 5.69 Å². The number of amides is 1. The molecule has 0 saturated carbocycles. The topological polar surface area (TPSA) is 109 Å². The normalized spacial score (nSPS) is 11.2. The Hall–Kier alpha value is -3.42. The van der Waals surface area contributed by atoms with Gasteiger partial charge >= 0.3 is 11.9 Å². The van der Waals surface area contributed by atoms with E-state index in [9.17, 15) is 14.7 Å². The van der Waals surface area contributed by atoms with Crippen molar-refractivity contribution in [2.24, 2.45) is 10.2 Å². The number of aromatic amines is 1. The summed E-state index contributed by atoms with van der Waals surface area (Å²) in [5, 5.41) is 18.6. The number of aromatic hydroxyl groups is 1. The Morgan fingerprint density at radius 2 is 2.04 bits per heavy atom. The molecule has 8 nitrogen and oxygen atoms in total. The van der Waals surface area contributed by atoms with Crippen LogP contribution in [0.15, 0.2) is 52.8 Å². The monoisotopic (exact) mass is 340 g/mol. The molecule has 25 heavy (non-hydrogen) atoms. The maximum atomic E-state index is 11.9. The molecule has 0 aliphatic rings. The van der Waals surface area contributed by atoms with E-state index in [0.29, 0.717) is 16.6 Å². The Labute approximate surface area is 142 Å². The smallest absolute Gasteiger partial charge is 0.326 e. The number of H-pyrrole nitrogens is 1. The summed E-state index contributed by atoms with van der Waals surface area (Å²) in [6, 6.07) is 10.2. The minimum atomic E-state index is -0.563. The van der Waals surface area contributed by atoms with E-state index in [-0.39, 0.29) is 24.7 Å². The van der Waals surface area contributed by atoms with Crippen LogP contribution in [0.2, 0.25) is 0 Å². The molecule has 0 bridgehead atoms. The summed E-state index contributed by atoms with van der Waals surface area (Å²) in [6.07, 6.45) is 1.60. The van der Waals surface area contributed by atoms with E-state index < -0.39 is 11.9 Å². The number of azo groups is 1. The highest BCUT2D eigenvalue weighted by Gasteiger charge is 2.19. The van der Waals surface area contributed by atoms with Gasteiger partial charge in [0.25, 0.3) is 0 Å². The highest BCUT2D eigenvalue weighted by molar-refractivity contribution is 5.97. The second kappa shape index (κ2) is 7.00. The van der Waals surface area contributed by atoms with Crippen LogP contribution in [-0.4, -0.2) is 33.1 Å². The first-order valence-corrected chi connectivity index (χ1v) is 7.67. The fourth-order valence-electron chi connectivity index (χ4n) is 2.48. The van der Waals surface area contributed by atoms with Crippen molar-refractivity contribution in [1.29, 1.82) is 0 Å². The highest BCUT2D eigenvalue weighted by atomic mass is 16.5. The standard InChI is InChI=1S/C17H16N4O4/c1-2-25-14(22)10-21-13-8-4-3-6-11(13)15(17(21)24)19-20-16(23)12-7-5-9-18-12/h3-9,18,24H,2,10H2,1H3. The molecule has 0 aliphatic heterocycles. The molecule has 2 aromatic heterocycles. The minimum Gasteiger partial charge on any atom is -0.493 e. The molecule has 1 amide bonds. The van der Waals surface area contributed by atoms with Crippen LogP contribution in [-0.2, 0) is 16.1 Å². The van der Waals surface area contributed by atoms with Crippen LogP contribution in [0.1, 0.15) is 17.4 Å². The number of esters is 1. The summed E-state index contributed by atoms with van der Waals surface area (Å²) in [6.45, 7) is 1.79. The summed E-state index contributed by atoms with van der Waals surface area (Å²) >= 11 is 0. The third-order valence-electron chi connectivity index (χ3n) is 3.58. The molecule has 0 unspecified atom stereocenters. The number of ether oxygens (including phenoxy) is 1. The van der Waals surface area contributed by atoms with Gasteiger partial charge in [0.05, 0.1) is 12.1 Å². The van der Waals surface area contributed by atoms with Crippen LogP contribution in [0.3, 0.4) is 0 Å². The zero-order chi connectivity index (χ0) is 17.8. The SMILES string of the molecule is CCOC(=O)Cn1c(O)c(N=NC(=O)c2ccc[nH]2)c2ccccc21. The lowest BCUT2D eigenvalue weighted by Gasteiger charge is -2.06. The fraction of sp³-hybridized carbons (Fsp3) is 0.176. The van der Waals surface area contributed by atoms with Gasteiger partial charge in [-0.3, -0.25) is 14.2 Å². The number of benzene rings is 1. The molecule has 0 fully saturated rings. The number of rotatable bonds is 5. The molecule has 3 aromatic rings. The molecular weight excluding hydrogens is 324 g/mol.